The Morgan fingerprint density at radius 2 is 1.97 bits per heavy atom. The molecule has 1 fully saturated rings. The van der Waals surface area contributed by atoms with Gasteiger partial charge in [0.2, 0.25) is 0 Å². The Morgan fingerprint density at radius 1 is 1.20 bits per heavy atom. The van der Waals surface area contributed by atoms with Gasteiger partial charge in [0.15, 0.2) is 0 Å². The second-order valence-electron chi connectivity index (χ2n) is 7.24. The van der Waals surface area contributed by atoms with Crippen LogP contribution in [0, 0.1) is 5.82 Å². The SMILES string of the molecule is CC(NCc1ccc(N2CCOCC2)c(F)c1)c1cc(=O)[nH]c(-c2ccncc2)n1. The van der Waals surface area contributed by atoms with Crippen molar-refractivity contribution in [3.8, 4) is 11.4 Å². The van der Waals surface area contributed by atoms with E-state index < -0.39 is 0 Å². The number of ether oxygens (including phenoxy) is 1. The summed E-state index contributed by atoms with van der Waals surface area (Å²) in [5.41, 5.74) is 2.62. The number of benzene rings is 1. The molecule has 0 bridgehead atoms. The first kappa shape index (κ1) is 20.2. The molecule has 0 radical (unpaired) electrons. The number of aromatic nitrogens is 3. The average molecular weight is 409 g/mol. The minimum Gasteiger partial charge on any atom is -0.378 e. The molecule has 1 unspecified atom stereocenters. The van der Waals surface area contributed by atoms with Gasteiger partial charge in [-0.25, -0.2) is 9.37 Å². The fourth-order valence-electron chi connectivity index (χ4n) is 3.44. The summed E-state index contributed by atoms with van der Waals surface area (Å²) < 4.78 is 19.9. The lowest BCUT2D eigenvalue weighted by molar-refractivity contribution is 0.122. The van der Waals surface area contributed by atoms with E-state index in [0.29, 0.717) is 50.1 Å². The van der Waals surface area contributed by atoms with Gasteiger partial charge in [0.05, 0.1) is 24.6 Å². The minimum atomic E-state index is -0.238. The molecule has 1 atom stereocenters. The molecule has 0 spiro atoms. The number of hydrogen-bond acceptors (Lipinski definition) is 6. The van der Waals surface area contributed by atoms with Crippen LogP contribution < -0.4 is 15.8 Å². The van der Waals surface area contributed by atoms with Crippen LogP contribution in [-0.4, -0.2) is 41.3 Å². The highest BCUT2D eigenvalue weighted by Crippen LogP contribution is 2.22. The predicted molar refractivity (Wildman–Crippen MR) is 113 cm³/mol. The van der Waals surface area contributed by atoms with Crippen LogP contribution in [0.2, 0.25) is 0 Å². The normalized spacial score (nSPS) is 15.2. The molecule has 1 aliphatic rings. The van der Waals surface area contributed by atoms with Gasteiger partial charge in [0.25, 0.3) is 5.56 Å². The van der Waals surface area contributed by atoms with Gasteiger partial charge in [-0.1, -0.05) is 6.07 Å². The largest absolute Gasteiger partial charge is 0.378 e. The van der Waals surface area contributed by atoms with Crippen LogP contribution in [0.3, 0.4) is 0 Å². The Labute approximate surface area is 174 Å². The van der Waals surface area contributed by atoms with Crippen LogP contribution in [0.25, 0.3) is 11.4 Å². The summed E-state index contributed by atoms with van der Waals surface area (Å²) in [5, 5.41) is 3.32. The van der Waals surface area contributed by atoms with E-state index in [-0.39, 0.29) is 17.4 Å². The number of nitrogens with one attached hydrogen (secondary N) is 2. The number of pyridine rings is 1. The lowest BCUT2D eigenvalue weighted by Gasteiger charge is -2.29. The standard InChI is InChI=1S/C22H24FN5O2/c1-15(19-13-21(29)27-22(26-19)17-4-6-24-7-5-17)25-14-16-2-3-20(18(23)12-16)28-8-10-30-11-9-28/h2-7,12-13,15,25H,8-11,14H2,1H3,(H,26,27,29). The van der Waals surface area contributed by atoms with Crippen molar-refractivity contribution >= 4 is 5.69 Å². The molecule has 1 aromatic carbocycles. The fourth-order valence-corrected chi connectivity index (χ4v) is 3.44. The number of anilines is 1. The lowest BCUT2D eigenvalue weighted by atomic mass is 10.1. The van der Waals surface area contributed by atoms with Crippen LogP contribution in [-0.2, 0) is 11.3 Å². The van der Waals surface area contributed by atoms with Crippen LogP contribution >= 0.6 is 0 Å². The van der Waals surface area contributed by atoms with E-state index in [9.17, 15) is 9.18 Å². The van der Waals surface area contributed by atoms with Crippen LogP contribution in [0.1, 0.15) is 24.2 Å². The van der Waals surface area contributed by atoms with Crippen molar-refractivity contribution < 1.29 is 9.13 Å². The van der Waals surface area contributed by atoms with Gasteiger partial charge in [-0.2, -0.15) is 0 Å². The van der Waals surface area contributed by atoms with Crippen molar-refractivity contribution in [3.63, 3.8) is 0 Å². The number of H-pyrrole nitrogens is 1. The molecule has 2 N–H and O–H groups in total. The lowest BCUT2D eigenvalue weighted by Crippen LogP contribution is -2.36. The van der Waals surface area contributed by atoms with E-state index in [1.165, 1.54) is 6.07 Å². The molecule has 0 aliphatic carbocycles. The average Bonchev–Trinajstić information content (AvgIpc) is 2.78. The molecule has 1 aliphatic heterocycles. The van der Waals surface area contributed by atoms with Crippen molar-refractivity contribution in [1.29, 1.82) is 0 Å². The topological polar surface area (TPSA) is 83.1 Å². The summed E-state index contributed by atoms with van der Waals surface area (Å²) in [4.78, 5) is 25.4. The molecule has 2 aromatic heterocycles. The van der Waals surface area contributed by atoms with Crippen molar-refractivity contribution in [3.05, 3.63) is 76.2 Å². The van der Waals surface area contributed by atoms with Gasteiger partial charge in [0.1, 0.15) is 11.6 Å². The summed E-state index contributed by atoms with van der Waals surface area (Å²) >= 11 is 0. The van der Waals surface area contributed by atoms with E-state index in [4.69, 9.17) is 4.74 Å². The molecule has 156 valence electrons. The quantitative estimate of drug-likeness (QED) is 0.651. The predicted octanol–water partition coefficient (Wildman–Crippen LogP) is 2.66. The molecule has 4 rings (SSSR count). The van der Waals surface area contributed by atoms with E-state index >= 15 is 0 Å². The summed E-state index contributed by atoms with van der Waals surface area (Å²) in [6.45, 7) is 5.01. The van der Waals surface area contributed by atoms with Crippen molar-refractivity contribution in [2.45, 2.75) is 19.5 Å². The molecular weight excluding hydrogens is 385 g/mol. The van der Waals surface area contributed by atoms with E-state index in [0.717, 1.165) is 11.1 Å². The number of morpholine rings is 1. The number of nitrogens with zero attached hydrogens (tertiary/aromatic N) is 3. The molecule has 1 saturated heterocycles. The van der Waals surface area contributed by atoms with Gasteiger partial charge >= 0.3 is 0 Å². The maximum absolute atomic E-state index is 14.6. The summed E-state index contributed by atoms with van der Waals surface area (Å²) in [5.74, 6) is 0.257. The Balaban J connectivity index is 1.44. The highest BCUT2D eigenvalue weighted by Gasteiger charge is 2.16. The first-order valence-corrected chi connectivity index (χ1v) is 9.96. The Bertz CT molecular complexity index is 1050. The fraction of sp³-hybridized carbons (Fsp3) is 0.318. The zero-order valence-electron chi connectivity index (χ0n) is 16.8. The molecule has 3 heterocycles. The van der Waals surface area contributed by atoms with E-state index in [2.05, 4.69) is 20.3 Å². The third kappa shape index (κ3) is 4.72. The number of aromatic amines is 1. The van der Waals surface area contributed by atoms with Gasteiger partial charge in [-0.3, -0.25) is 9.78 Å². The number of hydrogen-bond donors (Lipinski definition) is 2. The van der Waals surface area contributed by atoms with Gasteiger partial charge in [0, 0.05) is 49.7 Å². The summed E-state index contributed by atoms with van der Waals surface area (Å²) in [6, 6.07) is 10.2. The van der Waals surface area contributed by atoms with E-state index in [1.54, 1.807) is 30.6 Å². The molecule has 0 saturated carbocycles. The van der Waals surface area contributed by atoms with Crippen LogP contribution in [0.5, 0.6) is 0 Å². The van der Waals surface area contributed by atoms with Gasteiger partial charge in [-0.05, 0) is 36.8 Å². The Morgan fingerprint density at radius 3 is 2.70 bits per heavy atom. The van der Waals surface area contributed by atoms with Crippen LogP contribution in [0.4, 0.5) is 10.1 Å². The highest BCUT2D eigenvalue weighted by molar-refractivity contribution is 5.53. The number of rotatable bonds is 6. The number of halogens is 1. The molecular formula is C22H24FN5O2. The smallest absolute Gasteiger partial charge is 0.251 e. The highest BCUT2D eigenvalue weighted by atomic mass is 19.1. The zero-order valence-corrected chi connectivity index (χ0v) is 16.8. The molecule has 3 aromatic rings. The van der Waals surface area contributed by atoms with Crippen molar-refractivity contribution in [1.82, 2.24) is 20.3 Å². The molecule has 0 amide bonds. The first-order chi connectivity index (χ1) is 14.6. The second kappa shape index (κ2) is 9.15. The Hall–Kier alpha value is -3.10. The van der Waals surface area contributed by atoms with Crippen LogP contribution in [0.15, 0.2) is 53.6 Å². The maximum atomic E-state index is 14.6. The molecule has 8 heteroatoms. The zero-order chi connectivity index (χ0) is 20.9. The minimum absolute atomic E-state index is 0.185. The van der Waals surface area contributed by atoms with Gasteiger partial charge < -0.3 is 19.9 Å². The van der Waals surface area contributed by atoms with Gasteiger partial charge in [-0.15, -0.1) is 0 Å². The third-order valence-electron chi connectivity index (χ3n) is 5.14. The molecule has 7 nitrogen and oxygen atoms in total. The third-order valence-corrected chi connectivity index (χ3v) is 5.14. The first-order valence-electron chi connectivity index (χ1n) is 9.96. The summed E-state index contributed by atoms with van der Waals surface area (Å²) in [7, 11) is 0. The van der Waals surface area contributed by atoms with Crippen molar-refractivity contribution in [2.75, 3.05) is 31.2 Å². The maximum Gasteiger partial charge on any atom is 0.251 e. The second-order valence-corrected chi connectivity index (χ2v) is 7.24. The van der Waals surface area contributed by atoms with E-state index in [1.807, 2.05) is 24.0 Å². The molecule has 30 heavy (non-hydrogen) atoms. The Kier molecular flexibility index (Phi) is 6.15. The monoisotopic (exact) mass is 409 g/mol. The summed E-state index contributed by atoms with van der Waals surface area (Å²) in [6.07, 6.45) is 3.30. The van der Waals surface area contributed by atoms with Crippen molar-refractivity contribution in [2.24, 2.45) is 0 Å².